The van der Waals surface area contributed by atoms with Crippen molar-refractivity contribution in [3.63, 3.8) is 0 Å². The van der Waals surface area contributed by atoms with Crippen molar-refractivity contribution < 1.29 is 18.3 Å². The van der Waals surface area contributed by atoms with Crippen LogP contribution >= 0.6 is 11.6 Å². The van der Waals surface area contributed by atoms with Crippen LogP contribution in [0.4, 0.5) is 5.69 Å². The van der Waals surface area contributed by atoms with E-state index in [1.165, 1.54) is 23.1 Å². The van der Waals surface area contributed by atoms with Crippen LogP contribution in [0.5, 0.6) is 0 Å². The third kappa shape index (κ3) is 3.92. The minimum atomic E-state index is -3.86. The first-order chi connectivity index (χ1) is 9.88. The Morgan fingerprint density at radius 2 is 2.24 bits per heavy atom. The number of carbonyl (C=O) groups is 1. The number of carboxylic acid groups (broad SMARTS) is 1. The molecule has 0 spiro atoms. The van der Waals surface area contributed by atoms with Crippen LogP contribution in [0, 0.1) is 0 Å². The number of nitrogens with one attached hydrogen (secondary N) is 1. The van der Waals surface area contributed by atoms with Gasteiger partial charge in [0.2, 0.25) is 0 Å². The average Bonchev–Trinajstić information content (AvgIpc) is 2.88. The highest BCUT2D eigenvalue weighted by molar-refractivity contribution is 7.92. The lowest BCUT2D eigenvalue weighted by Gasteiger charge is -2.06. The highest BCUT2D eigenvalue weighted by Gasteiger charge is 2.18. The number of hydrogen-bond acceptors (Lipinski definition) is 5. The number of anilines is 1. The van der Waals surface area contributed by atoms with E-state index in [1.807, 2.05) is 0 Å². The van der Waals surface area contributed by atoms with Gasteiger partial charge in [-0.05, 0) is 12.1 Å². The van der Waals surface area contributed by atoms with Crippen molar-refractivity contribution in [3.05, 3.63) is 35.9 Å². The van der Waals surface area contributed by atoms with E-state index in [2.05, 4.69) is 14.8 Å². The molecule has 10 heteroatoms. The first-order valence-corrected chi connectivity index (χ1v) is 7.62. The molecule has 0 aliphatic heterocycles. The van der Waals surface area contributed by atoms with Gasteiger partial charge < -0.3 is 5.11 Å². The predicted octanol–water partition coefficient (Wildman–Crippen LogP) is 1.21. The lowest BCUT2D eigenvalue weighted by molar-refractivity contribution is -0.137. The number of nitrogens with zero attached hydrogens (tertiary/aromatic N) is 3. The largest absolute Gasteiger partial charge is 0.481 e. The molecule has 8 nitrogen and oxygen atoms in total. The maximum Gasteiger partial charge on any atom is 0.305 e. The van der Waals surface area contributed by atoms with Gasteiger partial charge in [0.15, 0.2) is 5.15 Å². The van der Waals surface area contributed by atoms with Crippen molar-refractivity contribution in [2.75, 3.05) is 4.72 Å². The summed E-state index contributed by atoms with van der Waals surface area (Å²) in [5.41, 5.74) is 0.150. The average molecular weight is 331 g/mol. The zero-order valence-electron chi connectivity index (χ0n) is 10.6. The van der Waals surface area contributed by atoms with E-state index in [0.717, 1.165) is 6.20 Å². The van der Waals surface area contributed by atoms with E-state index < -0.39 is 16.0 Å². The molecule has 0 fully saturated rings. The number of aryl methyl sites for hydroxylation is 1. The monoisotopic (exact) mass is 330 g/mol. The summed E-state index contributed by atoms with van der Waals surface area (Å²) in [6.45, 7) is 0.0818. The first kappa shape index (κ1) is 15.3. The van der Waals surface area contributed by atoms with E-state index in [-0.39, 0.29) is 28.7 Å². The Morgan fingerprint density at radius 1 is 1.48 bits per heavy atom. The topological polar surface area (TPSA) is 114 Å². The number of carboxylic acids is 1. The van der Waals surface area contributed by atoms with Gasteiger partial charge in [0.25, 0.3) is 10.0 Å². The summed E-state index contributed by atoms with van der Waals surface area (Å²) in [6.07, 6.45) is 3.66. The molecule has 2 N–H and O–H groups in total. The lowest BCUT2D eigenvalue weighted by atomic mass is 10.4. The van der Waals surface area contributed by atoms with Crippen LogP contribution in [0.25, 0.3) is 0 Å². The second-order valence-electron chi connectivity index (χ2n) is 4.03. The van der Waals surface area contributed by atoms with Crippen LogP contribution in [0.1, 0.15) is 6.42 Å². The molecule has 0 unspecified atom stereocenters. The van der Waals surface area contributed by atoms with Crippen LogP contribution in [-0.4, -0.2) is 34.3 Å². The van der Waals surface area contributed by atoms with E-state index in [9.17, 15) is 13.2 Å². The molecule has 0 aliphatic carbocycles. The van der Waals surface area contributed by atoms with Gasteiger partial charge in [-0.1, -0.05) is 11.6 Å². The van der Waals surface area contributed by atoms with Crippen LogP contribution in [0.2, 0.25) is 5.15 Å². The highest BCUT2D eigenvalue weighted by Crippen LogP contribution is 2.21. The van der Waals surface area contributed by atoms with E-state index >= 15 is 0 Å². The molecule has 0 aliphatic rings. The number of halogens is 1. The molecule has 2 aromatic heterocycles. The second kappa shape index (κ2) is 6.10. The SMILES string of the molecule is O=C(O)CCn1cc(S(=O)(=O)Nc2cccnc2Cl)cn1. The molecule has 2 rings (SSSR count). The summed E-state index contributed by atoms with van der Waals surface area (Å²) in [5.74, 6) is -0.991. The Morgan fingerprint density at radius 3 is 2.90 bits per heavy atom. The minimum Gasteiger partial charge on any atom is -0.481 e. The van der Waals surface area contributed by atoms with Gasteiger partial charge in [-0.15, -0.1) is 0 Å². The van der Waals surface area contributed by atoms with Gasteiger partial charge in [-0.3, -0.25) is 14.2 Å². The summed E-state index contributed by atoms with van der Waals surface area (Å²) in [5, 5.41) is 12.4. The van der Waals surface area contributed by atoms with Gasteiger partial charge in [0.05, 0.1) is 24.8 Å². The molecule has 21 heavy (non-hydrogen) atoms. The number of rotatable bonds is 6. The Balaban J connectivity index is 2.17. The first-order valence-electron chi connectivity index (χ1n) is 5.76. The fourth-order valence-electron chi connectivity index (χ4n) is 1.48. The van der Waals surface area contributed by atoms with Crippen molar-refractivity contribution in [1.29, 1.82) is 0 Å². The summed E-state index contributed by atoms with van der Waals surface area (Å²) in [7, 11) is -3.86. The fraction of sp³-hybridized carbons (Fsp3) is 0.182. The van der Waals surface area contributed by atoms with Crippen molar-refractivity contribution in [2.24, 2.45) is 0 Å². The van der Waals surface area contributed by atoms with Gasteiger partial charge >= 0.3 is 5.97 Å². The van der Waals surface area contributed by atoms with Crippen LogP contribution in [-0.2, 0) is 21.4 Å². The Bertz CT molecular complexity index is 759. The Labute approximate surface area is 125 Å². The molecule has 0 radical (unpaired) electrons. The zero-order valence-corrected chi connectivity index (χ0v) is 12.2. The summed E-state index contributed by atoms with van der Waals surface area (Å²) < 4.78 is 27.8. The van der Waals surface area contributed by atoms with Crippen molar-refractivity contribution >= 4 is 33.3 Å². The smallest absolute Gasteiger partial charge is 0.305 e. The standard InChI is InChI=1S/C11H11ClN4O4S/c12-11-9(2-1-4-13-11)15-21(19,20)8-6-14-16(7-8)5-3-10(17)18/h1-2,4,6-7,15H,3,5H2,(H,17,18). The summed E-state index contributed by atoms with van der Waals surface area (Å²) in [6, 6.07) is 3.02. The number of pyridine rings is 1. The maximum atomic E-state index is 12.1. The summed E-state index contributed by atoms with van der Waals surface area (Å²) >= 11 is 5.78. The minimum absolute atomic E-state index is 0.0272. The fourth-order valence-corrected chi connectivity index (χ4v) is 2.72. The zero-order chi connectivity index (χ0) is 15.5. The molecule has 0 atom stereocenters. The van der Waals surface area contributed by atoms with Gasteiger partial charge in [0, 0.05) is 12.4 Å². The second-order valence-corrected chi connectivity index (χ2v) is 6.07. The maximum absolute atomic E-state index is 12.1. The lowest BCUT2D eigenvalue weighted by Crippen LogP contribution is -2.13. The predicted molar refractivity (Wildman–Crippen MR) is 74.5 cm³/mol. The molecule has 2 heterocycles. The van der Waals surface area contributed by atoms with Crippen LogP contribution in [0.3, 0.4) is 0 Å². The Hall–Kier alpha value is -2.13. The highest BCUT2D eigenvalue weighted by atomic mass is 35.5. The molecule has 0 saturated carbocycles. The summed E-state index contributed by atoms with van der Waals surface area (Å²) in [4.78, 5) is 14.1. The van der Waals surface area contributed by atoms with Crippen molar-refractivity contribution in [1.82, 2.24) is 14.8 Å². The van der Waals surface area contributed by atoms with Gasteiger partial charge in [-0.25, -0.2) is 13.4 Å². The molecular weight excluding hydrogens is 320 g/mol. The molecule has 0 saturated heterocycles. The third-order valence-corrected chi connectivity index (χ3v) is 4.10. The molecule has 0 amide bonds. The normalized spacial score (nSPS) is 11.3. The Kier molecular flexibility index (Phi) is 4.43. The number of aromatic nitrogens is 3. The van der Waals surface area contributed by atoms with Crippen molar-refractivity contribution in [2.45, 2.75) is 17.9 Å². The van der Waals surface area contributed by atoms with Gasteiger partial charge in [-0.2, -0.15) is 5.10 Å². The third-order valence-electron chi connectivity index (χ3n) is 2.48. The van der Waals surface area contributed by atoms with E-state index in [0.29, 0.717) is 0 Å². The molecule has 112 valence electrons. The van der Waals surface area contributed by atoms with E-state index in [1.54, 1.807) is 6.07 Å². The molecule has 2 aromatic rings. The van der Waals surface area contributed by atoms with Crippen LogP contribution < -0.4 is 4.72 Å². The molecule has 0 aromatic carbocycles. The quantitative estimate of drug-likeness (QED) is 0.769. The number of hydrogen-bond donors (Lipinski definition) is 2. The van der Waals surface area contributed by atoms with Crippen molar-refractivity contribution in [3.8, 4) is 0 Å². The molecular formula is C11H11ClN4O4S. The number of aliphatic carboxylic acids is 1. The van der Waals surface area contributed by atoms with Crippen LogP contribution in [0.15, 0.2) is 35.6 Å². The van der Waals surface area contributed by atoms with Gasteiger partial charge in [0.1, 0.15) is 4.90 Å². The molecule has 0 bridgehead atoms. The number of sulfonamides is 1. The van der Waals surface area contributed by atoms with E-state index in [4.69, 9.17) is 16.7 Å².